The van der Waals surface area contributed by atoms with E-state index in [0.29, 0.717) is 17.2 Å². The van der Waals surface area contributed by atoms with Crippen LogP contribution >= 0.6 is 0 Å². The second kappa shape index (κ2) is 7.92. The highest BCUT2D eigenvalue weighted by Crippen LogP contribution is 2.26. The molecule has 1 aromatic heterocycles. The van der Waals surface area contributed by atoms with Crippen molar-refractivity contribution in [3.63, 3.8) is 0 Å². The molecule has 126 valence electrons. The zero-order valence-corrected chi connectivity index (χ0v) is 13.2. The normalized spacial score (nSPS) is 10.1. The first-order valence-corrected chi connectivity index (χ1v) is 7.57. The number of carbonyl (C=O) groups is 1. The third-order valence-corrected chi connectivity index (χ3v) is 3.19. The molecule has 0 saturated carbocycles. The van der Waals surface area contributed by atoms with Crippen LogP contribution in [0, 0.1) is 5.82 Å². The molecule has 0 bridgehead atoms. The molecule has 3 rings (SSSR count). The number of benzene rings is 2. The number of pyridine rings is 1. The Balaban J connectivity index is 1.62. The maximum absolute atomic E-state index is 12.8. The number of hydrogen-bond donors (Lipinski definition) is 1. The molecule has 0 atom stereocenters. The molecule has 0 fully saturated rings. The minimum absolute atomic E-state index is 0.217. The van der Waals surface area contributed by atoms with Crippen molar-refractivity contribution < 1.29 is 18.7 Å². The van der Waals surface area contributed by atoms with Crippen LogP contribution in [0.5, 0.6) is 17.4 Å². The topological polar surface area (TPSA) is 60.5 Å². The lowest BCUT2D eigenvalue weighted by atomic mass is 10.3. The van der Waals surface area contributed by atoms with Crippen LogP contribution in [0.2, 0.25) is 0 Å². The van der Waals surface area contributed by atoms with Gasteiger partial charge in [0.2, 0.25) is 5.88 Å². The van der Waals surface area contributed by atoms with Crippen molar-refractivity contribution in [3.8, 4) is 17.4 Å². The number of nitrogens with zero attached hydrogens (tertiary/aromatic N) is 1. The van der Waals surface area contributed by atoms with E-state index in [-0.39, 0.29) is 24.2 Å². The molecule has 1 amide bonds. The fourth-order valence-electron chi connectivity index (χ4n) is 2.03. The molecule has 1 N–H and O–H groups in total. The summed E-state index contributed by atoms with van der Waals surface area (Å²) in [7, 11) is 0. The third kappa shape index (κ3) is 4.78. The second-order valence-corrected chi connectivity index (χ2v) is 5.06. The molecule has 0 spiro atoms. The summed E-state index contributed by atoms with van der Waals surface area (Å²) in [6.07, 6.45) is 1.57. The smallest absolute Gasteiger partial charge is 0.262 e. The van der Waals surface area contributed by atoms with Gasteiger partial charge in [-0.2, -0.15) is 0 Å². The van der Waals surface area contributed by atoms with Gasteiger partial charge < -0.3 is 14.8 Å². The van der Waals surface area contributed by atoms with Crippen LogP contribution in [0.15, 0.2) is 72.9 Å². The van der Waals surface area contributed by atoms with Gasteiger partial charge in [0.1, 0.15) is 23.0 Å². The predicted octanol–water partition coefficient (Wildman–Crippen LogP) is 4.03. The van der Waals surface area contributed by atoms with E-state index in [1.807, 2.05) is 18.2 Å². The number of halogens is 1. The molecule has 1 heterocycles. The molecule has 6 heteroatoms. The number of hydrogen-bond acceptors (Lipinski definition) is 4. The van der Waals surface area contributed by atoms with Gasteiger partial charge in [0.05, 0.1) is 0 Å². The van der Waals surface area contributed by atoms with E-state index in [4.69, 9.17) is 9.47 Å². The Morgan fingerprint density at radius 1 is 0.960 bits per heavy atom. The summed E-state index contributed by atoms with van der Waals surface area (Å²) in [6, 6.07) is 17.9. The van der Waals surface area contributed by atoms with Crippen molar-refractivity contribution in [3.05, 3.63) is 78.7 Å². The summed E-state index contributed by atoms with van der Waals surface area (Å²) >= 11 is 0. The van der Waals surface area contributed by atoms with Crippen LogP contribution in [-0.2, 0) is 4.79 Å². The van der Waals surface area contributed by atoms with Gasteiger partial charge >= 0.3 is 0 Å². The highest BCUT2D eigenvalue weighted by molar-refractivity contribution is 5.93. The van der Waals surface area contributed by atoms with E-state index in [1.165, 1.54) is 24.3 Å². The Hall–Kier alpha value is -3.41. The maximum Gasteiger partial charge on any atom is 0.262 e. The summed E-state index contributed by atoms with van der Waals surface area (Å²) in [5.41, 5.74) is 0.430. The Morgan fingerprint density at radius 2 is 1.72 bits per heavy atom. The van der Waals surface area contributed by atoms with E-state index < -0.39 is 0 Å². The molecule has 0 aliphatic heterocycles. The average molecular weight is 338 g/mol. The highest BCUT2D eigenvalue weighted by atomic mass is 19.1. The van der Waals surface area contributed by atoms with E-state index >= 15 is 0 Å². The quantitative estimate of drug-likeness (QED) is 0.737. The number of carbonyl (C=O) groups excluding carboxylic acids is 1. The van der Waals surface area contributed by atoms with E-state index in [0.717, 1.165) is 0 Å². The Morgan fingerprint density at radius 3 is 2.48 bits per heavy atom. The van der Waals surface area contributed by atoms with E-state index in [1.54, 1.807) is 30.5 Å². The number of aromatic nitrogens is 1. The molecule has 0 aliphatic carbocycles. The fraction of sp³-hybridized carbons (Fsp3) is 0.0526. The Kier molecular flexibility index (Phi) is 5.21. The van der Waals surface area contributed by atoms with Gasteiger partial charge in [-0.3, -0.25) is 4.79 Å². The van der Waals surface area contributed by atoms with Crippen molar-refractivity contribution in [1.29, 1.82) is 0 Å². The number of rotatable bonds is 6. The molecule has 0 aliphatic rings. The van der Waals surface area contributed by atoms with Gasteiger partial charge in [-0.15, -0.1) is 0 Å². The maximum atomic E-state index is 12.8. The number of anilines is 1. The van der Waals surface area contributed by atoms with Crippen LogP contribution in [0.4, 0.5) is 10.1 Å². The molecule has 0 unspecified atom stereocenters. The first kappa shape index (κ1) is 16.4. The van der Waals surface area contributed by atoms with Gasteiger partial charge in [0.25, 0.3) is 5.91 Å². The van der Waals surface area contributed by atoms with Crippen LogP contribution in [0.25, 0.3) is 0 Å². The Labute approximate surface area is 144 Å². The lowest BCUT2D eigenvalue weighted by Gasteiger charge is -2.11. The monoisotopic (exact) mass is 338 g/mol. The lowest BCUT2D eigenvalue weighted by molar-refractivity contribution is -0.118. The van der Waals surface area contributed by atoms with Crippen LogP contribution in [-0.4, -0.2) is 17.5 Å². The summed E-state index contributed by atoms with van der Waals surface area (Å²) < 4.78 is 23.8. The summed E-state index contributed by atoms with van der Waals surface area (Å²) in [4.78, 5) is 16.2. The zero-order valence-electron chi connectivity index (χ0n) is 13.2. The predicted molar refractivity (Wildman–Crippen MR) is 91.3 cm³/mol. The first-order chi connectivity index (χ1) is 12.2. The minimum atomic E-state index is -0.379. The van der Waals surface area contributed by atoms with Crippen molar-refractivity contribution in [2.24, 2.45) is 0 Å². The molecular formula is C19H15FN2O3. The molecule has 2 aromatic carbocycles. The van der Waals surface area contributed by atoms with Crippen LogP contribution in [0.3, 0.4) is 0 Å². The molecule has 0 radical (unpaired) electrons. The van der Waals surface area contributed by atoms with E-state index in [2.05, 4.69) is 10.3 Å². The number of ether oxygens (including phenoxy) is 2. The molecule has 5 nitrogen and oxygen atoms in total. The largest absolute Gasteiger partial charge is 0.484 e. The SMILES string of the molecule is O=C(COc1ccc(F)cc1)Nc1cccnc1Oc1ccccc1. The number of para-hydroxylation sites is 1. The van der Waals surface area contributed by atoms with Gasteiger partial charge in [-0.05, 0) is 48.5 Å². The molecule has 3 aromatic rings. The summed E-state index contributed by atoms with van der Waals surface area (Å²) in [6.45, 7) is -0.217. The van der Waals surface area contributed by atoms with Crippen molar-refractivity contribution in [2.45, 2.75) is 0 Å². The van der Waals surface area contributed by atoms with Crippen molar-refractivity contribution in [1.82, 2.24) is 4.98 Å². The molecule has 25 heavy (non-hydrogen) atoms. The van der Waals surface area contributed by atoms with E-state index in [9.17, 15) is 9.18 Å². The van der Waals surface area contributed by atoms with Gasteiger partial charge in [-0.1, -0.05) is 18.2 Å². The lowest BCUT2D eigenvalue weighted by Crippen LogP contribution is -2.20. The fourth-order valence-corrected chi connectivity index (χ4v) is 2.03. The third-order valence-electron chi connectivity index (χ3n) is 3.19. The first-order valence-electron chi connectivity index (χ1n) is 7.57. The van der Waals surface area contributed by atoms with Gasteiger partial charge in [0.15, 0.2) is 6.61 Å². The Bertz CT molecular complexity index is 839. The summed E-state index contributed by atoms with van der Waals surface area (Å²) in [5.74, 6) is 0.552. The standard InChI is InChI=1S/C19H15FN2O3/c20-14-8-10-15(11-9-14)24-13-18(23)22-17-7-4-12-21-19(17)25-16-5-2-1-3-6-16/h1-12H,13H2,(H,22,23). The van der Waals surface area contributed by atoms with Crippen molar-refractivity contribution in [2.75, 3.05) is 11.9 Å². The average Bonchev–Trinajstić information content (AvgIpc) is 2.64. The number of amides is 1. The van der Waals surface area contributed by atoms with Gasteiger partial charge in [-0.25, -0.2) is 9.37 Å². The second-order valence-electron chi connectivity index (χ2n) is 5.06. The van der Waals surface area contributed by atoms with Crippen molar-refractivity contribution >= 4 is 11.6 Å². The molecular weight excluding hydrogens is 323 g/mol. The molecule has 0 saturated heterocycles. The minimum Gasteiger partial charge on any atom is -0.484 e. The van der Waals surface area contributed by atoms with Crippen LogP contribution < -0.4 is 14.8 Å². The zero-order chi connectivity index (χ0) is 17.5. The van der Waals surface area contributed by atoms with Gasteiger partial charge in [0, 0.05) is 6.20 Å². The number of nitrogens with one attached hydrogen (secondary N) is 1. The highest BCUT2D eigenvalue weighted by Gasteiger charge is 2.10. The van der Waals surface area contributed by atoms with Crippen LogP contribution in [0.1, 0.15) is 0 Å². The summed E-state index contributed by atoms with van der Waals surface area (Å²) in [5, 5.41) is 2.69.